The minimum absolute atomic E-state index is 0.0217. The highest BCUT2D eigenvalue weighted by Crippen LogP contribution is 2.73. The maximum atomic E-state index is 16.9. The van der Waals surface area contributed by atoms with Gasteiger partial charge in [-0.3, -0.25) is 4.79 Å². The molecule has 6 heteroatoms. The summed E-state index contributed by atoms with van der Waals surface area (Å²) in [4.78, 5) is 11.8. The summed E-state index contributed by atoms with van der Waals surface area (Å²) in [5, 5.41) is 11.2. The molecule has 0 amide bonds. The van der Waals surface area contributed by atoms with Gasteiger partial charge in [0.1, 0.15) is 6.17 Å². The molecule has 4 aliphatic rings. The summed E-state index contributed by atoms with van der Waals surface area (Å²) in [6.07, 6.45) is 7.98. The van der Waals surface area contributed by atoms with E-state index in [9.17, 15) is 9.90 Å². The van der Waals surface area contributed by atoms with E-state index in [4.69, 9.17) is 0 Å². The number of aliphatic hydroxyl groups is 1. The topological polar surface area (TPSA) is 37.3 Å². The fourth-order valence-electron chi connectivity index (χ4n) is 6.91. The Morgan fingerprint density at radius 3 is 2.52 bits per heavy atom. The summed E-state index contributed by atoms with van der Waals surface area (Å²) in [5.74, 6) is -0.831. The molecule has 0 aliphatic heterocycles. The van der Waals surface area contributed by atoms with Gasteiger partial charge in [-0.05, 0) is 74.2 Å². The molecule has 3 fully saturated rings. The molecular weight excluding hydrogens is 386 g/mol. The van der Waals surface area contributed by atoms with Gasteiger partial charge in [-0.2, -0.15) is 0 Å². The summed E-state index contributed by atoms with van der Waals surface area (Å²) in [6, 6.07) is 0. The van der Waals surface area contributed by atoms with Crippen LogP contribution >= 0.6 is 23.5 Å². The number of thioether (sulfide) groups is 2. The zero-order valence-corrected chi connectivity index (χ0v) is 17.9. The Morgan fingerprint density at radius 1 is 1.22 bits per heavy atom. The Morgan fingerprint density at radius 2 is 1.89 bits per heavy atom. The molecule has 0 bridgehead atoms. The molecule has 0 aromatic rings. The van der Waals surface area contributed by atoms with Crippen molar-refractivity contribution in [1.82, 2.24) is 0 Å². The van der Waals surface area contributed by atoms with Crippen LogP contribution < -0.4 is 0 Å². The molecule has 7 atom stereocenters. The van der Waals surface area contributed by atoms with Crippen LogP contribution in [-0.4, -0.2) is 45.4 Å². The van der Waals surface area contributed by atoms with Gasteiger partial charge in [0.2, 0.25) is 0 Å². The van der Waals surface area contributed by atoms with Gasteiger partial charge < -0.3 is 5.11 Å². The van der Waals surface area contributed by atoms with E-state index >= 15 is 8.78 Å². The van der Waals surface area contributed by atoms with Crippen LogP contribution in [0.5, 0.6) is 0 Å². The number of aliphatic hydroxyl groups excluding tert-OH is 1. The summed E-state index contributed by atoms with van der Waals surface area (Å²) < 4.78 is 32.0. The maximum Gasteiger partial charge on any atom is 0.178 e. The molecule has 2 nitrogen and oxygen atoms in total. The average molecular weight is 415 g/mol. The molecule has 0 aromatic carbocycles. The normalized spacial score (nSPS) is 50.6. The Hall–Kier alpha value is -0.330. The molecule has 0 aromatic heterocycles. The van der Waals surface area contributed by atoms with E-state index in [1.54, 1.807) is 30.4 Å². The largest absolute Gasteiger partial charge is 0.390 e. The van der Waals surface area contributed by atoms with Crippen LogP contribution in [0.3, 0.4) is 0 Å². The molecule has 1 unspecified atom stereocenters. The van der Waals surface area contributed by atoms with Gasteiger partial charge in [0.25, 0.3) is 0 Å². The van der Waals surface area contributed by atoms with Gasteiger partial charge in [-0.1, -0.05) is 13.0 Å². The Balaban J connectivity index is 1.85. The molecule has 0 spiro atoms. The minimum Gasteiger partial charge on any atom is -0.390 e. The number of halogens is 2. The molecule has 0 heterocycles. The number of rotatable bonds is 2. The number of ketones is 1. The Kier molecular flexibility index (Phi) is 4.50. The first-order valence-electron chi connectivity index (χ1n) is 9.66. The van der Waals surface area contributed by atoms with Gasteiger partial charge in [0, 0.05) is 11.3 Å². The van der Waals surface area contributed by atoms with Crippen molar-refractivity contribution in [2.75, 3.05) is 12.5 Å². The average Bonchev–Trinajstić information content (AvgIpc) is 2.92. The van der Waals surface area contributed by atoms with Gasteiger partial charge in [0.15, 0.2) is 11.5 Å². The van der Waals surface area contributed by atoms with Crippen molar-refractivity contribution >= 4 is 29.3 Å². The van der Waals surface area contributed by atoms with Gasteiger partial charge >= 0.3 is 0 Å². The van der Waals surface area contributed by atoms with Crippen LogP contribution in [-0.2, 0) is 4.79 Å². The number of allylic oxidation sites excluding steroid dienone is 4. The first kappa shape index (κ1) is 20.0. The Bertz CT molecular complexity index is 734. The summed E-state index contributed by atoms with van der Waals surface area (Å²) in [7, 11) is 0. The fourth-order valence-corrected chi connectivity index (χ4v) is 9.62. The second kappa shape index (κ2) is 6.09. The van der Waals surface area contributed by atoms with Crippen LogP contribution in [0.1, 0.15) is 39.5 Å². The lowest BCUT2D eigenvalue weighted by Gasteiger charge is -2.63. The second-order valence-corrected chi connectivity index (χ2v) is 11.5. The van der Waals surface area contributed by atoms with E-state index in [1.807, 2.05) is 0 Å². The lowest BCUT2D eigenvalue weighted by Crippen LogP contribution is -2.69. The van der Waals surface area contributed by atoms with Crippen molar-refractivity contribution in [3.63, 3.8) is 0 Å². The zero-order chi connectivity index (χ0) is 19.8. The van der Waals surface area contributed by atoms with Crippen LogP contribution in [0.2, 0.25) is 0 Å². The smallest absolute Gasteiger partial charge is 0.178 e. The second-order valence-electron chi connectivity index (χ2n) is 9.06. The van der Waals surface area contributed by atoms with Crippen LogP contribution in [0.25, 0.3) is 0 Å². The van der Waals surface area contributed by atoms with Crippen LogP contribution in [0.4, 0.5) is 8.78 Å². The molecule has 1 N–H and O–H groups in total. The quantitative estimate of drug-likeness (QED) is 0.663. The SMILES string of the molecule is CSC1(SC)CC[C@H]2[C@@H]3C[C@@H](F)C4=CC(=O)C=C[C@]4(C)C3(F)[C@@H](O)C[C@@]21C. The van der Waals surface area contributed by atoms with E-state index in [1.165, 1.54) is 18.2 Å². The molecule has 0 radical (unpaired) electrons. The molecule has 27 heavy (non-hydrogen) atoms. The number of carbonyl (C=O) groups excluding carboxylic acids is 1. The summed E-state index contributed by atoms with van der Waals surface area (Å²) in [5.41, 5.74) is -3.27. The van der Waals surface area contributed by atoms with Crippen molar-refractivity contribution in [1.29, 1.82) is 0 Å². The summed E-state index contributed by atoms with van der Waals surface area (Å²) >= 11 is 3.59. The van der Waals surface area contributed by atoms with E-state index < -0.39 is 29.3 Å². The standard InChI is InChI=1S/C21H28F2O2S2/c1-18-7-5-12(24)9-15(18)16(22)10-14-13-6-8-20(26-3,27-4)19(13,2)11-17(25)21(14,18)23/h5,7,9,13-14,16-17,25H,6,8,10-11H2,1-4H3/t13-,14-,16+,17-,18-,19-,21?/m0/s1. The third kappa shape index (κ3) is 2.21. The maximum absolute atomic E-state index is 16.9. The van der Waals surface area contributed by atoms with Crippen molar-refractivity contribution < 1.29 is 18.7 Å². The van der Waals surface area contributed by atoms with Crippen LogP contribution in [0.15, 0.2) is 23.8 Å². The molecule has 4 aliphatic carbocycles. The highest BCUT2D eigenvalue weighted by molar-refractivity contribution is 8.17. The van der Waals surface area contributed by atoms with Crippen molar-refractivity contribution in [3.8, 4) is 0 Å². The monoisotopic (exact) mass is 414 g/mol. The third-order valence-electron chi connectivity index (χ3n) is 8.33. The van der Waals surface area contributed by atoms with Gasteiger partial charge in [-0.15, -0.1) is 23.5 Å². The van der Waals surface area contributed by atoms with E-state index in [0.717, 1.165) is 12.8 Å². The number of alkyl halides is 2. The zero-order valence-electron chi connectivity index (χ0n) is 16.3. The van der Waals surface area contributed by atoms with Gasteiger partial charge in [-0.25, -0.2) is 8.78 Å². The third-order valence-corrected chi connectivity index (χ3v) is 12.0. The van der Waals surface area contributed by atoms with Gasteiger partial charge in [0.05, 0.1) is 10.2 Å². The first-order chi connectivity index (χ1) is 12.6. The predicted molar refractivity (Wildman–Crippen MR) is 108 cm³/mol. The molecular formula is C21H28F2O2S2. The van der Waals surface area contributed by atoms with Crippen molar-refractivity contribution in [2.24, 2.45) is 22.7 Å². The van der Waals surface area contributed by atoms with Crippen LogP contribution in [0, 0.1) is 22.7 Å². The Labute approximate surface area is 168 Å². The van der Waals surface area contributed by atoms with Crippen molar-refractivity contribution in [2.45, 2.75) is 61.6 Å². The lowest BCUT2D eigenvalue weighted by molar-refractivity contribution is -0.196. The molecule has 150 valence electrons. The summed E-state index contributed by atoms with van der Waals surface area (Å²) in [6.45, 7) is 3.83. The minimum atomic E-state index is -1.95. The molecule has 0 saturated heterocycles. The first-order valence-corrected chi connectivity index (χ1v) is 12.1. The molecule has 4 rings (SSSR count). The highest BCUT2D eigenvalue weighted by Gasteiger charge is 2.74. The number of hydrogen-bond donors (Lipinski definition) is 1. The highest BCUT2D eigenvalue weighted by atomic mass is 32.2. The van der Waals surface area contributed by atoms with Crippen molar-refractivity contribution in [3.05, 3.63) is 23.8 Å². The number of carbonyl (C=O) groups is 1. The predicted octanol–water partition coefficient (Wildman–Crippen LogP) is 4.73. The fraction of sp³-hybridized carbons (Fsp3) is 0.762. The van der Waals surface area contributed by atoms with E-state index in [-0.39, 0.29) is 33.2 Å². The lowest BCUT2D eigenvalue weighted by atomic mass is 9.45. The number of hydrogen-bond acceptors (Lipinski definition) is 4. The van der Waals surface area contributed by atoms with E-state index in [2.05, 4.69) is 19.4 Å². The number of fused-ring (bicyclic) bond motifs is 5. The molecule has 3 saturated carbocycles. The van der Waals surface area contributed by atoms with E-state index in [0.29, 0.717) is 6.42 Å².